The van der Waals surface area contributed by atoms with Crippen molar-refractivity contribution in [1.82, 2.24) is 15.0 Å². The maximum Gasteiger partial charge on any atom is 0.160 e. The van der Waals surface area contributed by atoms with Crippen LogP contribution in [0.15, 0.2) is 152 Å². The molecule has 3 nitrogen and oxygen atoms in total. The van der Waals surface area contributed by atoms with Crippen molar-refractivity contribution in [2.24, 2.45) is 0 Å². The fraction of sp³-hybridized carbons (Fsp3) is 0.140. The molecule has 0 radical (unpaired) electrons. The fourth-order valence-corrected chi connectivity index (χ4v) is 7.23. The number of nitrogens with zero attached hydrogens (tertiary/aromatic N) is 3. The molecule has 0 unspecified atom stereocenters. The lowest BCUT2D eigenvalue weighted by Crippen LogP contribution is -2.30. The Hall–Kier alpha value is -5.41. The highest BCUT2D eigenvalue weighted by Crippen LogP contribution is 2.46. The Morgan fingerprint density at radius 2 is 1.02 bits per heavy atom. The van der Waals surface area contributed by atoms with Crippen molar-refractivity contribution < 1.29 is 0 Å². The summed E-state index contributed by atoms with van der Waals surface area (Å²) in [4.78, 5) is 14.8. The second kappa shape index (κ2) is 12.2. The van der Waals surface area contributed by atoms with Gasteiger partial charge in [-0.25, -0.2) is 9.97 Å². The Labute approximate surface area is 270 Å². The molecule has 5 aromatic carbocycles. The molecule has 222 valence electrons. The minimum Gasteiger partial charge on any atom is -0.256 e. The number of benzene rings is 5. The number of aromatic nitrogens is 3. The third kappa shape index (κ3) is 5.28. The number of rotatable bonds is 6. The first kappa shape index (κ1) is 28.1. The van der Waals surface area contributed by atoms with Gasteiger partial charge in [-0.3, -0.25) is 4.98 Å². The van der Waals surface area contributed by atoms with Gasteiger partial charge in [0, 0.05) is 39.3 Å². The molecule has 8 rings (SSSR count). The van der Waals surface area contributed by atoms with Crippen LogP contribution in [-0.2, 0) is 5.41 Å². The van der Waals surface area contributed by atoms with E-state index >= 15 is 0 Å². The van der Waals surface area contributed by atoms with Crippen molar-refractivity contribution in [3.8, 4) is 45.0 Å². The van der Waals surface area contributed by atoms with Gasteiger partial charge in [-0.15, -0.1) is 0 Å². The first-order valence-electron chi connectivity index (χ1n) is 16.3. The molecule has 46 heavy (non-hydrogen) atoms. The summed E-state index contributed by atoms with van der Waals surface area (Å²) in [6, 6.07) is 51.8. The molecule has 0 atom stereocenters. The van der Waals surface area contributed by atoms with E-state index in [1.54, 1.807) is 0 Å². The molecule has 0 spiro atoms. The van der Waals surface area contributed by atoms with Gasteiger partial charge >= 0.3 is 0 Å². The van der Waals surface area contributed by atoms with E-state index in [1.165, 1.54) is 46.9 Å². The molecule has 0 N–H and O–H groups in total. The molecular formula is C43H35N3. The third-order valence-corrected chi connectivity index (χ3v) is 9.65. The van der Waals surface area contributed by atoms with Crippen LogP contribution in [0.3, 0.4) is 0 Å². The van der Waals surface area contributed by atoms with Gasteiger partial charge in [0.15, 0.2) is 5.82 Å². The minimum absolute atomic E-state index is 0.00570. The van der Waals surface area contributed by atoms with E-state index < -0.39 is 0 Å². The monoisotopic (exact) mass is 593 g/mol. The fourth-order valence-electron chi connectivity index (χ4n) is 7.23. The van der Waals surface area contributed by atoms with E-state index in [0.29, 0.717) is 0 Å². The molecule has 0 saturated heterocycles. The molecule has 1 fully saturated rings. The molecule has 1 saturated carbocycles. The van der Waals surface area contributed by atoms with Gasteiger partial charge in [0.05, 0.1) is 16.9 Å². The number of pyridine rings is 1. The summed E-state index contributed by atoms with van der Waals surface area (Å²) in [5.41, 5.74) is 11.3. The van der Waals surface area contributed by atoms with Gasteiger partial charge < -0.3 is 0 Å². The lowest BCUT2D eigenvalue weighted by atomic mass is 9.65. The Balaban J connectivity index is 1.16. The zero-order valence-electron chi connectivity index (χ0n) is 25.8. The summed E-state index contributed by atoms with van der Waals surface area (Å²) >= 11 is 0. The van der Waals surface area contributed by atoms with Crippen molar-refractivity contribution in [3.05, 3.63) is 163 Å². The zero-order chi connectivity index (χ0) is 30.8. The maximum atomic E-state index is 5.06. The summed E-state index contributed by atoms with van der Waals surface area (Å²) in [7, 11) is 0. The van der Waals surface area contributed by atoms with Gasteiger partial charge in [0.25, 0.3) is 0 Å². The molecule has 3 heteroatoms. The third-order valence-electron chi connectivity index (χ3n) is 9.65. The highest BCUT2D eigenvalue weighted by Gasteiger charge is 2.35. The zero-order valence-corrected chi connectivity index (χ0v) is 25.8. The molecule has 2 aromatic heterocycles. The summed E-state index contributed by atoms with van der Waals surface area (Å²) in [6.45, 7) is 0. The highest BCUT2D eigenvalue weighted by molar-refractivity contribution is 5.93. The first-order valence-corrected chi connectivity index (χ1v) is 16.3. The van der Waals surface area contributed by atoms with Crippen molar-refractivity contribution in [3.63, 3.8) is 0 Å². The van der Waals surface area contributed by atoms with Crippen LogP contribution >= 0.6 is 0 Å². The number of fused-ring (bicyclic) bond motifs is 1. The Kier molecular flexibility index (Phi) is 7.43. The van der Waals surface area contributed by atoms with Crippen LogP contribution in [0, 0.1) is 0 Å². The van der Waals surface area contributed by atoms with Crippen LogP contribution < -0.4 is 0 Å². The summed E-state index contributed by atoms with van der Waals surface area (Å²) in [5, 5.41) is 1.17. The van der Waals surface area contributed by atoms with E-state index in [9.17, 15) is 0 Å². The van der Waals surface area contributed by atoms with Crippen LogP contribution in [0.4, 0.5) is 0 Å². The normalized spacial score (nSPS) is 14.3. The Morgan fingerprint density at radius 1 is 0.457 bits per heavy atom. The van der Waals surface area contributed by atoms with Gasteiger partial charge in [0.1, 0.15) is 0 Å². The number of hydrogen-bond donors (Lipinski definition) is 0. The van der Waals surface area contributed by atoms with E-state index in [-0.39, 0.29) is 5.41 Å². The van der Waals surface area contributed by atoms with Crippen molar-refractivity contribution in [2.45, 2.75) is 37.5 Å². The quantitative estimate of drug-likeness (QED) is 0.192. The summed E-state index contributed by atoms with van der Waals surface area (Å²) in [6.07, 6.45) is 7.95. The number of hydrogen-bond acceptors (Lipinski definition) is 3. The average Bonchev–Trinajstić information content (AvgIpc) is 3.15. The molecular weight excluding hydrogens is 558 g/mol. The molecule has 7 aromatic rings. The Morgan fingerprint density at radius 3 is 1.63 bits per heavy atom. The predicted molar refractivity (Wildman–Crippen MR) is 189 cm³/mol. The number of para-hydroxylation sites is 1. The van der Waals surface area contributed by atoms with Crippen LogP contribution in [-0.4, -0.2) is 15.0 Å². The smallest absolute Gasteiger partial charge is 0.160 e. The lowest BCUT2D eigenvalue weighted by molar-refractivity contribution is 0.346. The molecule has 1 aliphatic rings. The largest absolute Gasteiger partial charge is 0.256 e. The predicted octanol–water partition coefficient (Wildman–Crippen LogP) is 10.9. The van der Waals surface area contributed by atoms with E-state index in [1.807, 2.05) is 24.4 Å². The Bertz CT molecular complexity index is 2030. The molecule has 1 aliphatic carbocycles. The topological polar surface area (TPSA) is 38.7 Å². The van der Waals surface area contributed by atoms with Crippen molar-refractivity contribution >= 4 is 10.9 Å². The van der Waals surface area contributed by atoms with E-state index in [0.717, 1.165) is 52.3 Å². The SMILES string of the molecule is c1ccc(-c2cc(-c3ccccc3)nc(-c3ccc(C4(c5ccc(-c6cccc7cccnc67)cc5)CCCCC4)cc3)n2)cc1. The van der Waals surface area contributed by atoms with E-state index in [4.69, 9.17) is 15.0 Å². The van der Waals surface area contributed by atoms with Crippen LogP contribution in [0.1, 0.15) is 43.2 Å². The maximum absolute atomic E-state index is 5.06. The molecule has 2 heterocycles. The summed E-state index contributed by atoms with van der Waals surface area (Å²) < 4.78 is 0. The van der Waals surface area contributed by atoms with Crippen molar-refractivity contribution in [2.75, 3.05) is 0 Å². The van der Waals surface area contributed by atoms with Crippen LogP contribution in [0.25, 0.3) is 55.9 Å². The molecule has 0 bridgehead atoms. The van der Waals surface area contributed by atoms with Gasteiger partial charge in [-0.1, -0.05) is 153 Å². The highest BCUT2D eigenvalue weighted by atomic mass is 14.9. The van der Waals surface area contributed by atoms with Gasteiger partial charge in [0.2, 0.25) is 0 Å². The van der Waals surface area contributed by atoms with Crippen LogP contribution in [0.5, 0.6) is 0 Å². The van der Waals surface area contributed by atoms with E-state index in [2.05, 4.69) is 127 Å². The van der Waals surface area contributed by atoms with Crippen molar-refractivity contribution in [1.29, 1.82) is 0 Å². The molecule has 0 amide bonds. The lowest BCUT2D eigenvalue weighted by Gasteiger charge is -2.39. The first-order chi connectivity index (χ1) is 22.8. The summed E-state index contributed by atoms with van der Waals surface area (Å²) in [5.74, 6) is 0.748. The average molecular weight is 594 g/mol. The second-order valence-corrected chi connectivity index (χ2v) is 12.4. The molecule has 0 aliphatic heterocycles. The minimum atomic E-state index is -0.00570. The standard InChI is InChI=1S/C43H35N3/c1-4-12-32(13-5-1)39-30-40(33-14-6-2-7-15-33)46-42(45-39)35-21-25-37(26-22-35)43(27-8-3-9-28-43)36-23-19-31(20-24-36)38-18-10-16-34-17-11-29-44-41(34)38/h1-2,4-7,10-26,29-30H,3,8-9,27-28H2. The van der Waals surface area contributed by atoms with Crippen LogP contribution in [0.2, 0.25) is 0 Å². The second-order valence-electron chi connectivity index (χ2n) is 12.4. The van der Waals surface area contributed by atoms with Gasteiger partial charge in [-0.2, -0.15) is 0 Å². The van der Waals surface area contributed by atoms with Gasteiger partial charge in [-0.05, 0) is 41.7 Å².